The van der Waals surface area contributed by atoms with E-state index >= 15 is 0 Å². The van der Waals surface area contributed by atoms with Gasteiger partial charge in [0, 0.05) is 19.2 Å². The highest BCUT2D eigenvalue weighted by molar-refractivity contribution is 5.64. The van der Waals surface area contributed by atoms with Crippen molar-refractivity contribution in [1.82, 2.24) is 9.97 Å². The molecule has 0 saturated heterocycles. The van der Waals surface area contributed by atoms with Crippen LogP contribution in [0.3, 0.4) is 0 Å². The number of anilines is 1. The number of hydrogen-bond donors (Lipinski definition) is 0. The van der Waals surface area contributed by atoms with E-state index < -0.39 is 4.92 Å². The van der Waals surface area contributed by atoms with Crippen LogP contribution in [0.5, 0.6) is 11.5 Å². The van der Waals surface area contributed by atoms with Gasteiger partial charge in [0.1, 0.15) is 23.5 Å². The van der Waals surface area contributed by atoms with Crippen LogP contribution in [0, 0.1) is 10.1 Å². The van der Waals surface area contributed by atoms with Crippen LogP contribution in [0.4, 0.5) is 11.5 Å². The highest BCUT2D eigenvalue weighted by Gasteiger charge is 2.24. The number of oxazole rings is 1. The van der Waals surface area contributed by atoms with Crippen LogP contribution in [0.25, 0.3) is 11.6 Å². The monoisotopic (exact) mass is 446 g/mol. The quantitative estimate of drug-likeness (QED) is 0.265. The van der Waals surface area contributed by atoms with Crippen molar-refractivity contribution in [3.05, 3.63) is 94.4 Å². The largest absolute Gasteiger partial charge is 0.497 e. The standard InChI is InChI=1S/C24H22N4O5/c1-31-19-7-3-17(4-8-19)15-27(16-18-5-9-20(32-2)10-6-18)23-22(28(29)30)12-11-21(26-23)24-25-13-14-33-24/h3-14H,15-16H2,1-2H3. The number of nitro groups is 1. The molecule has 0 aliphatic carbocycles. The van der Waals surface area contributed by atoms with Gasteiger partial charge < -0.3 is 18.8 Å². The van der Waals surface area contributed by atoms with Crippen molar-refractivity contribution >= 4 is 11.5 Å². The van der Waals surface area contributed by atoms with Gasteiger partial charge in [0.15, 0.2) is 0 Å². The predicted octanol–water partition coefficient (Wildman–Crippen LogP) is 4.87. The molecule has 168 valence electrons. The summed E-state index contributed by atoms with van der Waals surface area (Å²) < 4.78 is 15.8. The third-order valence-electron chi connectivity index (χ3n) is 5.07. The number of benzene rings is 2. The smallest absolute Gasteiger partial charge is 0.311 e. The van der Waals surface area contributed by atoms with E-state index in [1.807, 2.05) is 53.4 Å². The number of pyridine rings is 1. The second-order valence-corrected chi connectivity index (χ2v) is 7.19. The van der Waals surface area contributed by atoms with Crippen LogP contribution in [0.1, 0.15) is 11.1 Å². The highest BCUT2D eigenvalue weighted by Crippen LogP contribution is 2.32. The molecule has 0 atom stereocenters. The Balaban J connectivity index is 1.76. The summed E-state index contributed by atoms with van der Waals surface area (Å²) >= 11 is 0. The van der Waals surface area contributed by atoms with Crippen LogP contribution < -0.4 is 14.4 Å². The molecule has 2 heterocycles. The van der Waals surface area contributed by atoms with E-state index in [1.165, 1.54) is 24.6 Å². The normalized spacial score (nSPS) is 10.6. The van der Waals surface area contributed by atoms with Crippen LogP contribution in [-0.2, 0) is 13.1 Å². The number of nitrogens with zero attached hydrogens (tertiary/aromatic N) is 4. The lowest BCUT2D eigenvalue weighted by atomic mass is 10.1. The van der Waals surface area contributed by atoms with E-state index in [9.17, 15) is 10.1 Å². The second kappa shape index (κ2) is 9.82. The van der Waals surface area contributed by atoms with Crippen molar-refractivity contribution in [3.63, 3.8) is 0 Å². The van der Waals surface area contributed by atoms with E-state index in [0.29, 0.717) is 24.7 Å². The molecular weight excluding hydrogens is 424 g/mol. The lowest BCUT2D eigenvalue weighted by Crippen LogP contribution is -2.24. The molecule has 0 aliphatic rings. The van der Waals surface area contributed by atoms with Gasteiger partial charge in [0.25, 0.3) is 0 Å². The van der Waals surface area contributed by atoms with Gasteiger partial charge in [0.05, 0.1) is 25.3 Å². The van der Waals surface area contributed by atoms with E-state index in [2.05, 4.69) is 9.97 Å². The number of aromatic nitrogens is 2. The first kappa shape index (κ1) is 21.8. The van der Waals surface area contributed by atoms with Gasteiger partial charge in [-0.3, -0.25) is 10.1 Å². The summed E-state index contributed by atoms with van der Waals surface area (Å²) in [7, 11) is 3.21. The maximum atomic E-state index is 11.9. The summed E-state index contributed by atoms with van der Waals surface area (Å²) in [5, 5.41) is 11.9. The topological polar surface area (TPSA) is 104 Å². The summed E-state index contributed by atoms with van der Waals surface area (Å²) in [5.41, 5.74) is 2.20. The Morgan fingerprint density at radius 3 is 1.94 bits per heavy atom. The van der Waals surface area contributed by atoms with E-state index in [1.54, 1.807) is 14.2 Å². The minimum Gasteiger partial charge on any atom is -0.497 e. The van der Waals surface area contributed by atoms with Gasteiger partial charge in [-0.2, -0.15) is 0 Å². The van der Waals surface area contributed by atoms with E-state index in [0.717, 1.165) is 22.6 Å². The van der Waals surface area contributed by atoms with Gasteiger partial charge in [-0.15, -0.1) is 0 Å². The SMILES string of the molecule is COc1ccc(CN(Cc2ccc(OC)cc2)c2nc(-c3ncco3)ccc2[N+](=O)[O-])cc1. The third kappa shape index (κ3) is 5.09. The summed E-state index contributed by atoms with van der Waals surface area (Å²) in [6.07, 6.45) is 2.94. The van der Waals surface area contributed by atoms with Gasteiger partial charge in [-0.05, 0) is 41.5 Å². The van der Waals surface area contributed by atoms with Crippen molar-refractivity contribution < 1.29 is 18.8 Å². The van der Waals surface area contributed by atoms with Gasteiger partial charge in [-0.25, -0.2) is 9.97 Å². The van der Waals surface area contributed by atoms with Crippen LogP contribution in [0.15, 0.2) is 77.5 Å². The minimum absolute atomic E-state index is 0.104. The Labute approximate surface area is 190 Å². The molecule has 0 unspecified atom stereocenters. The molecule has 0 spiro atoms. The number of methoxy groups -OCH3 is 2. The molecule has 4 aromatic rings. The van der Waals surface area contributed by atoms with Gasteiger partial charge in [0.2, 0.25) is 11.7 Å². The fraction of sp³-hybridized carbons (Fsp3) is 0.167. The Bertz CT molecular complexity index is 1160. The molecule has 0 aliphatic heterocycles. The zero-order valence-electron chi connectivity index (χ0n) is 18.2. The Morgan fingerprint density at radius 1 is 0.909 bits per heavy atom. The summed E-state index contributed by atoms with van der Waals surface area (Å²) in [6.45, 7) is 0.776. The van der Waals surface area contributed by atoms with Crippen molar-refractivity contribution in [2.45, 2.75) is 13.1 Å². The Hall–Kier alpha value is -4.40. The van der Waals surface area contributed by atoms with Crippen molar-refractivity contribution in [1.29, 1.82) is 0 Å². The molecular formula is C24H22N4O5. The molecule has 4 rings (SSSR count). The molecule has 0 fully saturated rings. The number of rotatable bonds is 9. The first-order chi connectivity index (χ1) is 16.1. The molecule has 0 N–H and O–H groups in total. The Morgan fingerprint density at radius 2 is 1.48 bits per heavy atom. The molecule has 9 nitrogen and oxygen atoms in total. The highest BCUT2D eigenvalue weighted by atomic mass is 16.6. The molecule has 2 aromatic carbocycles. The number of hydrogen-bond acceptors (Lipinski definition) is 8. The zero-order valence-corrected chi connectivity index (χ0v) is 18.2. The summed E-state index contributed by atoms with van der Waals surface area (Å²) in [6, 6.07) is 18.1. The average molecular weight is 446 g/mol. The minimum atomic E-state index is -0.434. The van der Waals surface area contributed by atoms with Crippen molar-refractivity contribution in [2.75, 3.05) is 19.1 Å². The zero-order chi connectivity index (χ0) is 23.2. The molecule has 0 radical (unpaired) electrons. The molecule has 2 aromatic heterocycles. The first-order valence-corrected chi connectivity index (χ1v) is 10.1. The molecule has 33 heavy (non-hydrogen) atoms. The molecule has 0 amide bonds. The van der Waals surface area contributed by atoms with Crippen molar-refractivity contribution in [2.24, 2.45) is 0 Å². The average Bonchev–Trinajstić information content (AvgIpc) is 3.39. The van der Waals surface area contributed by atoms with Crippen LogP contribution >= 0.6 is 0 Å². The summed E-state index contributed by atoms with van der Waals surface area (Å²) in [4.78, 5) is 22.0. The lowest BCUT2D eigenvalue weighted by molar-refractivity contribution is -0.384. The van der Waals surface area contributed by atoms with E-state index in [-0.39, 0.29) is 11.5 Å². The van der Waals surface area contributed by atoms with Crippen LogP contribution in [-0.4, -0.2) is 29.1 Å². The third-order valence-corrected chi connectivity index (χ3v) is 5.07. The number of ether oxygens (including phenoxy) is 2. The maximum Gasteiger partial charge on any atom is 0.311 e. The Kier molecular flexibility index (Phi) is 6.49. The summed E-state index contributed by atoms with van der Waals surface area (Å²) in [5.74, 6) is 1.98. The molecule has 0 bridgehead atoms. The first-order valence-electron chi connectivity index (χ1n) is 10.1. The predicted molar refractivity (Wildman–Crippen MR) is 122 cm³/mol. The fourth-order valence-electron chi connectivity index (χ4n) is 3.39. The maximum absolute atomic E-state index is 11.9. The second-order valence-electron chi connectivity index (χ2n) is 7.19. The van der Waals surface area contributed by atoms with E-state index in [4.69, 9.17) is 13.9 Å². The van der Waals surface area contributed by atoms with Gasteiger partial charge >= 0.3 is 5.69 Å². The van der Waals surface area contributed by atoms with Crippen molar-refractivity contribution in [3.8, 4) is 23.1 Å². The van der Waals surface area contributed by atoms with Crippen LogP contribution in [0.2, 0.25) is 0 Å². The fourth-order valence-corrected chi connectivity index (χ4v) is 3.39. The molecule has 0 saturated carbocycles. The lowest BCUT2D eigenvalue weighted by Gasteiger charge is -2.24. The molecule has 9 heteroatoms. The van der Waals surface area contributed by atoms with Gasteiger partial charge in [-0.1, -0.05) is 24.3 Å².